The average Bonchev–Trinajstić information content (AvgIpc) is 3.05. The Bertz CT molecular complexity index is 859. The van der Waals surface area contributed by atoms with E-state index in [-0.39, 0.29) is 5.82 Å². The van der Waals surface area contributed by atoms with Crippen molar-refractivity contribution >= 4 is 5.82 Å². The van der Waals surface area contributed by atoms with Gasteiger partial charge in [-0.25, -0.2) is 4.98 Å². The molecule has 0 saturated carbocycles. The molecule has 0 saturated heterocycles. The van der Waals surface area contributed by atoms with Crippen molar-refractivity contribution in [2.75, 3.05) is 12.4 Å². The van der Waals surface area contributed by atoms with E-state index in [0.717, 1.165) is 11.6 Å². The number of nitrogens with one attached hydrogen (secondary N) is 1. The number of halogens is 3. The third-order valence-electron chi connectivity index (χ3n) is 3.81. The molecule has 1 atom stereocenters. The minimum absolute atomic E-state index is 0.210. The number of methoxy groups -OCH3 is 1. The topological polar surface area (TPSA) is 64.9 Å². The van der Waals surface area contributed by atoms with E-state index in [1.165, 1.54) is 6.07 Å². The van der Waals surface area contributed by atoms with Gasteiger partial charge in [0.25, 0.3) is 0 Å². The highest BCUT2D eigenvalue weighted by Gasteiger charge is 2.33. The molecule has 0 aliphatic heterocycles. The number of aromatic nitrogens is 4. The maximum absolute atomic E-state index is 12.6. The standard InChI is InChI=1S/C17H16F3N5O/c1-25-10-9-21-16(25)15(11-3-5-12(26-2)6-4-11)22-14-8-7-13(23-24-14)17(18,19)20/h3-10,15H,1-2H3,(H,22,24). The number of anilines is 1. The molecule has 0 amide bonds. The van der Waals surface area contributed by atoms with E-state index >= 15 is 0 Å². The molecular formula is C17H16F3N5O. The highest BCUT2D eigenvalue weighted by atomic mass is 19.4. The van der Waals surface area contributed by atoms with Crippen molar-refractivity contribution in [3.63, 3.8) is 0 Å². The van der Waals surface area contributed by atoms with Gasteiger partial charge < -0.3 is 14.6 Å². The molecule has 0 fully saturated rings. The number of aryl methyl sites for hydroxylation is 1. The van der Waals surface area contributed by atoms with E-state index in [9.17, 15) is 13.2 Å². The van der Waals surface area contributed by atoms with Crippen LogP contribution in [0.3, 0.4) is 0 Å². The molecule has 6 nitrogen and oxygen atoms in total. The first-order valence-corrected chi connectivity index (χ1v) is 7.67. The van der Waals surface area contributed by atoms with E-state index in [2.05, 4.69) is 20.5 Å². The Labute approximate surface area is 147 Å². The van der Waals surface area contributed by atoms with Crippen molar-refractivity contribution in [3.05, 3.63) is 65.9 Å². The van der Waals surface area contributed by atoms with Crippen LogP contribution in [0.5, 0.6) is 5.75 Å². The molecule has 0 spiro atoms. The maximum Gasteiger partial charge on any atom is 0.435 e. The molecule has 26 heavy (non-hydrogen) atoms. The van der Waals surface area contributed by atoms with E-state index in [1.807, 2.05) is 23.7 Å². The fraction of sp³-hybridized carbons (Fsp3) is 0.235. The highest BCUT2D eigenvalue weighted by molar-refractivity contribution is 5.42. The Balaban J connectivity index is 1.92. The summed E-state index contributed by atoms with van der Waals surface area (Å²) in [4.78, 5) is 4.33. The van der Waals surface area contributed by atoms with Gasteiger partial charge in [-0.15, -0.1) is 10.2 Å². The Morgan fingerprint density at radius 2 is 1.81 bits per heavy atom. The molecular weight excluding hydrogens is 347 g/mol. The fourth-order valence-corrected chi connectivity index (χ4v) is 2.46. The first-order chi connectivity index (χ1) is 12.4. The van der Waals surface area contributed by atoms with Crippen LogP contribution < -0.4 is 10.1 Å². The Morgan fingerprint density at radius 1 is 1.08 bits per heavy atom. The van der Waals surface area contributed by atoms with Crippen molar-refractivity contribution in [2.45, 2.75) is 12.2 Å². The van der Waals surface area contributed by atoms with Crippen LogP contribution in [0, 0.1) is 0 Å². The van der Waals surface area contributed by atoms with Gasteiger partial charge in [0.1, 0.15) is 23.4 Å². The monoisotopic (exact) mass is 363 g/mol. The lowest BCUT2D eigenvalue weighted by Gasteiger charge is -2.20. The van der Waals surface area contributed by atoms with Crippen molar-refractivity contribution in [2.24, 2.45) is 7.05 Å². The van der Waals surface area contributed by atoms with Gasteiger partial charge in [0, 0.05) is 19.4 Å². The normalized spacial score (nSPS) is 12.7. The predicted molar refractivity (Wildman–Crippen MR) is 88.7 cm³/mol. The Hall–Kier alpha value is -3.10. The van der Waals surface area contributed by atoms with Gasteiger partial charge in [-0.3, -0.25) is 0 Å². The lowest BCUT2D eigenvalue weighted by Crippen LogP contribution is -2.18. The molecule has 0 radical (unpaired) electrons. The number of ether oxygens (including phenoxy) is 1. The third-order valence-corrected chi connectivity index (χ3v) is 3.81. The quantitative estimate of drug-likeness (QED) is 0.752. The summed E-state index contributed by atoms with van der Waals surface area (Å²) in [5.74, 6) is 1.58. The van der Waals surface area contributed by atoms with E-state index < -0.39 is 17.9 Å². The molecule has 3 aromatic rings. The zero-order valence-corrected chi connectivity index (χ0v) is 14.0. The zero-order valence-electron chi connectivity index (χ0n) is 14.0. The summed E-state index contributed by atoms with van der Waals surface area (Å²) in [6.07, 6.45) is -1.10. The lowest BCUT2D eigenvalue weighted by atomic mass is 10.1. The van der Waals surface area contributed by atoms with Crippen molar-refractivity contribution < 1.29 is 17.9 Å². The number of nitrogens with zero attached hydrogens (tertiary/aromatic N) is 4. The Morgan fingerprint density at radius 3 is 2.31 bits per heavy atom. The molecule has 0 aliphatic rings. The molecule has 136 valence electrons. The minimum atomic E-state index is -4.53. The summed E-state index contributed by atoms with van der Waals surface area (Å²) in [6, 6.07) is 9.00. The molecule has 0 aliphatic carbocycles. The van der Waals surface area contributed by atoms with Crippen LogP contribution in [0.1, 0.15) is 23.1 Å². The molecule has 1 N–H and O–H groups in total. The number of benzene rings is 1. The largest absolute Gasteiger partial charge is 0.497 e. The average molecular weight is 363 g/mol. The van der Waals surface area contributed by atoms with Crippen molar-refractivity contribution in [1.29, 1.82) is 0 Å². The van der Waals surface area contributed by atoms with Crippen LogP contribution in [-0.4, -0.2) is 26.9 Å². The number of hydrogen-bond donors (Lipinski definition) is 1. The van der Waals surface area contributed by atoms with E-state index in [1.54, 1.807) is 31.6 Å². The molecule has 1 unspecified atom stereocenters. The summed E-state index contributed by atoms with van der Waals surface area (Å²) in [5, 5.41) is 9.97. The second kappa shape index (κ2) is 7.03. The summed E-state index contributed by atoms with van der Waals surface area (Å²) in [6.45, 7) is 0. The minimum Gasteiger partial charge on any atom is -0.497 e. The lowest BCUT2D eigenvalue weighted by molar-refractivity contribution is -0.141. The number of alkyl halides is 3. The first kappa shape index (κ1) is 17.7. The summed E-state index contributed by atoms with van der Waals surface area (Å²) < 4.78 is 44.9. The van der Waals surface area contributed by atoms with Crippen LogP contribution >= 0.6 is 0 Å². The molecule has 2 aromatic heterocycles. The number of rotatable bonds is 5. The van der Waals surface area contributed by atoms with Crippen molar-refractivity contribution in [1.82, 2.24) is 19.7 Å². The highest BCUT2D eigenvalue weighted by Crippen LogP contribution is 2.29. The molecule has 9 heteroatoms. The summed E-state index contributed by atoms with van der Waals surface area (Å²) >= 11 is 0. The Kier molecular flexibility index (Phi) is 4.79. The van der Waals surface area contributed by atoms with Gasteiger partial charge >= 0.3 is 6.18 Å². The fourth-order valence-electron chi connectivity index (χ4n) is 2.46. The van der Waals surface area contributed by atoms with Crippen LogP contribution in [0.4, 0.5) is 19.0 Å². The number of hydrogen-bond acceptors (Lipinski definition) is 5. The van der Waals surface area contributed by atoms with Gasteiger partial charge in [0.15, 0.2) is 5.69 Å². The van der Waals surface area contributed by atoms with E-state index in [4.69, 9.17) is 4.74 Å². The third kappa shape index (κ3) is 3.76. The maximum atomic E-state index is 12.6. The summed E-state index contributed by atoms with van der Waals surface area (Å²) in [7, 11) is 3.40. The van der Waals surface area contributed by atoms with Crippen LogP contribution in [0.15, 0.2) is 48.8 Å². The van der Waals surface area contributed by atoms with Gasteiger partial charge in [0.2, 0.25) is 0 Å². The second-order valence-electron chi connectivity index (χ2n) is 5.55. The van der Waals surface area contributed by atoms with Crippen LogP contribution in [0.2, 0.25) is 0 Å². The number of imidazole rings is 1. The van der Waals surface area contributed by atoms with Gasteiger partial charge in [-0.1, -0.05) is 12.1 Å². The molecule has 3 rings (SSSR count). The van der Waals surface area contributed by atoms with Gasteiger partial charge in [0.05, 0.1) is 7.11 Å². The summed E-state index contributed by atoms with van der Waals surface area (Å²) in [5.41, 5.74) is -0.192. The second-order valence-corrected chi connectivity index (χ2v) is 5.55. The molecule has 1 aromatic carbocycles. The first-order valence-electron chi connectivity index (χ1n) is 7.67. The SMILES string of the molecule is COc1ccc(C(Nc2ccc(C(F)(F)F)nn2)c2nccn2C)cc1. The molecule has 2 heterocycles. The zero-order chi connectivity index (χ0) is 18.7. The molecule has 0 bridgehead atoms. The predicted octanol–water partition coefficient (Wildman–Crippen LogP) is 3.44. The smallest absolute Gasteiger partial charge is 0.435 e. The van der Waals surface area contributed by atoms with Crippen molar-refractivity contribution in [3.8, 4) is 5.75 Å². The van der Waals surface area contributed by atoms with Gasteiger partial charge in [-0.2, -0.15) is 13.2 Å². The van der Waals surface area contributed by atoms with Crippen LogP contribution in [-0.2, 0) is 13.2 Å². The van der Waals surface area contributed by atoms with Crippen LogP contribution in [0.25, 0.3) is 0 Å². The van der Waals surface area contributed by atoms with E-state index in [0.29, 0.717) is 11.6 Å². The van der Waals surface area contributed by atoms with Gasteiger partial charge in [-0.05, 0) is 29.8 Å².